The molecule has 440 valence electrons. The number of hydrogen-bond acceptors (Lipinski definition) is 0. The van der Waals surface area contributed by atoms with Gasteiger partial charge in [-0.2, -0.15) is 0 Å². The van der Waals surface area contributed by atoms with E-state index in [1.54, 1.807) is 0 Å². The van der Waals surface area contributed by atoms with Crippen LogP contribution >= 0.6 is 0 Å². The third-order valence-electron chi connectivity index (χ3n) is 17.6. The first-order chi connectivity index (χ1) is 31.0. The fourth-order valence-electron chi connectivity index (χ4n) is 21.8. The summed E-state index contributed by atoms with van der Waals surface area (Å²) in [5.41, 5.74) is 0. The molecule has 0 saturated carbocycles. The second-order valence-corrected chi connectivity index (χ2v) is 302. The van der Waals surface area contributed by atoms with Gasteiger partial charge in [-0.15, -0.1) is 0 Å². The molecule has 0 N–H and O–H groups in total. The maximum absolute atomic E-state index is 3.03. The van der Waals surface area contributed by atoms with Crippen molar-refractivity contribution in [3.8, 4) is 0 Å². The Morgan fingerprint density at radius 2 is 0.189 bits per heavy atom. The van der Waals surface area contributed by atoms with E-state index in [0.717, 1.165) is 0 Å². The van der Waals surface area contributed by atoms with Crippen molar-refractivity contribution >= 4 is 215 Å². The summed E-state index contributed by atoms with van der Waals surface area (Å²) in [7, 11) is -22.9. The number of hydrogen-bond donors (Lipinski definition) is 0. The van der Waals surface area contributed by atoms with Crippen molar-refractivity contribution in [2.45, 2.75) is 314 Å². The molecule has 0 aromatic rings. The van der Waals surface area contributed by atoms with Crippen LogP contribution in [0.2, 0.25) is 314 Å². The Balaban J connectivity index is -0.00000132. The maximum atomic E-state index is 3.03. The second-order valence-electron chi connectivity index (χ2n) is 40.5. The molecule has 0 spiro atoms. The molecule has 0 saturated heterocycles. The number of rotatable bonds is 22. The Morgan fingerprint density at radius 3 is 0.216 bits per heavy atom. The van der Waals surface area contributed by atoms with Gasteiger partial charge in [0.05, 0.1) is 0 Å². The minimum atomic E-state index is -1.55. The summed E-state index contributed by atoms with van der Waals surface area (Å²) in [4.78, 5) is 0. The van der Waals surface area contributed by atoms with E-state index in [9.17, 15) is 0 Å². The third-order valence-corrected chi connectivity index (χ3v) is 618. The minimum absolute atomic E-state index is 0.331. The van der Waals surface area contributed by atoms with Gasteiger partial charge in [0.1, 0.15) is 0 Å². The van der Waals surface area contributed by atoms with E-state index in [1.165, 1.54) is 39.7 Å². The quantitative estimate of drug-likeness (QED) is 0.0948. The van der Waals surface area contributed by atoms with Crippen molar-refractivity contribution in [3.05, 3.63) is 0 Å². The molecule has 8 radical (unpaired) electrons. The van der Waals surface area contributed by atoms with Gasteiger partial charge in [-0.3, -0.25) is 0 Å². The van der Waals surface area contributed by atoms with E-state index >= 15 is 0 Å². The first kappa shape index (κ1) is 85.3. The molecule has 0 aliphatic carbocycles. The molecule has 0 aliphatic rings. The van der Waals surface area contributed by atoms with E-state index in [2.05, 4.69) is 314 Å². The molecule has 0 amide bonds. The molecule has 0 heterocycles. The average molecular weight is 1810 g/mol. The van der Waals surface area contributed by atoms with Crippen LogP contribution < -0.4 is 0 Å². The van der Waals surface area contributed by atoms with Gasteiger partial charge >= 0.3 is 39.7 Å². The van der Waals surface area contributed by atoms with Crippen molar-refractivity contribution in [2.75, 3.05) is 0 Å². The third kappa shape index (κ3) is 16.9. The standard InChI is InChI=1S/2C24H72Si12.2Pb/c2*1-27(2,3)25(28(4,5)6)35(31(13,14)15,32(16,17)18)36(33(19,20)21,34(22,23)24)26(29(7,8)9)30(10,11)12;;/h2*1-24H3;;. The zero-order valence-electron chi connectivity index (χ0n) is 61.0. The monoisotopic (exact) mass is 1810 g/mol. The van der Waals surface area contributed by atoms with Gasteiger partial charge in [0.25, 0.3) is 0 Å². The summed E-state index contributed by atoms with van der Waals surface area (Å²) in [5.74, 6) is 0. The Kier molecular flexibility index (Phi) is 29.8. The SMILES string of the molecule is C[Si](C)(C)[Si]([Si](C)(C)C)[Si]([Si](C)(C)C)([Si](C)(C)C)[Si]([Si]([Si](C)(C)C)[Si](C)(C)C)([Si](C)(C)C)[Si](C)(C)C.C[Si](C)(C)[Si]([Si](C)(C)C)[Si]([Si](C)(C)C)([Si](C)(C)C)[Si]([Si]([Si](C)(C)C)[Si](C)(C)C)([Si](C)(C)C)[Si](C)(C)C.[Pb]=[Pb]. The molecule has 0 fully saturated rings. The van der Waals surface area contributed by atoms with Crippen molar-refractivity contribution in [1.29, 1.82) is 0 Å². The summed E-state index contributed by atoms with van der Waals surface area (Å²) in [5, 5.41) is 0. The Bertz CT molecular complexity index is 1420. The zero-order valence-corrected chi connectivity index (χ0v) is 92.8. The average Bonchev–Trinajstić information content (AvgIpc) is 2.95. The Morgan fingerprint density at radius 1 is 0.135 bits per heavy atom. The molecule has 0 unspecified atom stereocenters. The summed E-state index contributed by atoms with van der Waals surface area (Å²) in [6.07, 6.45) is -6.21. The molecular weight excluding hydrogens is 1660 g/mol. The molecular formula is C48H144Pb2Si24. The van der Waals surface area contributed by atoms with Crippen molar-refractivity contribution < 1.29 is 0 Å². The van der Waals surface area contributed by atoms with E-state index in [1.807, 2.05) is 0 Å². The van der Waals surface area contributed by atoms with E-state index < -0.39 is 146 Å². The van der Waals surface area contributed by atoms with Crippen LogP contribution in [0.4, 0.5) is 0 Å². The fourth-order valence-corrected chi connectivity index (χ4v) is 1400. The van der Waals surface area contributed by atoms with Crippen LogP contribution in [-0.2, 0) is 0 Å². The van der Waals surface area contributed by atoms with Gasteiger partial charge in [0, 0.05) is 175 Å². The Hall–Kier alpha value is 7.05. The predicted molar refractivity (Wildman–Crippen MR) is 431 cm³/mol. The first-order valence-corrected chi connectivity index (χ1v) is 141. The van der Waals surface area contributed by atoms with Crippen LogP contribution in [0.5, 0.6) is 0 Å². The van der Waals surface area contributed by atoms with E-state index in [-0.39, 0.29) is 29.4 Å². The summed E-state index contributed by atoms with van der Waals surface area (Å²) in [6, 6.07) is 0. The van der Waals surface area contributed by atoms with Crippen LogP contribution in [0.25, 0.3) is 0 Å². The van der Waals surface area contributed by atoms with Gasteiger partial charge in [0.15, 0.2) is 0 Å². The second kappa shape index (κ2) is 25.9. The molecule has 0 aromatic heterocycles. The molecule has 0 atom stereocenters. The summed E-state index contributed by atoms with van der Waals surface area (Å²) < 4.78 is 0. The molecule has 0 nitrogen and oxygen atoms in total. The molecule has 26 heteroatoms. The molecule has 74 heavy (non-hydrogen) atoms. The normalized spacial score (nSPS) is 16.4. The molecule has 0 bridgehead atoms. The van der Waals surface area contributed by atoms with Crippen molar-refractivity contribution in [1.82, 2.24) is 0 Å². The predicted octanol–water partition coefficient (Wildman–Crippen LogP) is 18.1. The van der Waals surface area contributed by atoms with E-state index in [0.29, 0.717) is 0 Å². The zero-order chi connectivity index (χ0) is 62.3. The van der Waals surface area contributed by atoms with E-state index in [4.69, 9.17) is 0 Å². The van der Waals surface area contributed by atoms with Gasteiger partial charge in [-0.25, -0.2) is 0 Å². The van der Waals surface area contributed by atoms with Crippen LogP contribution in [0.3, 0.4) is 0 Å². The van der Waals surface area contributed by atoms with Crippen LogP contribution in [0, 0.1) is 0 Å². The van der Waals surface area contributed by atoms with Crippen molar-refractivity contribution in [3.63, 3.8) is 0 Å². The summed E-state index contributed by atoms with van der Waals surface area (Å²) >= 11 is 2.89. The Labute approximate surface area is 521 Å². The first-order valence-electron chi connectivity index (χ1n) is 29.8. The summed E-state index contributed by atoms with van der Waals surface area (Å²) in [6.45, 7) is 143. The van der Waals surface area contributed by atoms with Crippen molar-refractivity contribution in [2.24, 2.45) is 0 Å². The van der Waals surface area contributed by atoms with Gasteiger partial charge < -0.3 is 0 Å². The van der Waals surface area contributed by atoms with Crippen LogP contribution in [0.1, 0.15) is 0 Å². The van der Waals surface area contributed by atoms with Gasteiger partial charge in [-0.1, -0.05) is 314 Å². The van der Waals surface area contributed by atoms with Crippen LogP contribution in [0.15, 0.2) is 0 Å². The fraction of sp³-hybridized carbons (Fsp3) is 1.00. The van der Waals surface area contributed by atoms with Crippen LogP contribution in [-0.4, -0.2) is 215 Å². The van der Waals surface area contributed by atoms with Gasteiger partial charge in [-0.05, 0) is 0 Å². The molecule has 0 rings (SSSR count). The van der Waals surface area contributed by atoms with Gasteiger partial charge in [0.2, 0.25) is 0 Å². The molecule has 0 aliphatic heterocycles. The molecule has 0 aromatic carbocycles. The topological polar surface area (TPSA) is 0 Å².